The highest BCUT2D eigenvalue weighted by Gasteiger charge is 2.43. The van der Waals surface area contributed by atoms with Crippen molar-refractivity contribution in [3.63, 3.8) is 0 Å². The highest BCUT2D eigenvalue weighted by atomic mass is 16.6. The zero-order valence-corrected chi connectivity index (χ0v) is 20.4. The average Bonchev–Trinajstić information content (AvgIpc) is 3.20. The lowest BCUT2D eigenvalue weighted by Gasteiger charge is -2.18. The number of nitrogens with zero attached hydrogens (tertiary/aromatic N) is 3. The monoisotopic (exact) mass is 497 g/mol. The van der Waals surface area contributed by atoms with Gasteiger partial charge in [0.05, 0.1) is 26.0 Å². The number of hydrogen-bond donors (Lipinski definition) is 3. The summed E-state index contributed by atoms with van der Waals surface area (Å²) in [5.74, 6) is 0.726. The summed E-state index contributed by atoms with van der Waals surface area (Å²) in [6.07, 6.45) is 1.72. The first kappa shape index (κ1) is 27.0. The summed E-state index contributed by atoms with van der Waals surface area (Å²) < 4.78 is 12.6. The number of methoxy groups -OCH3 is 1. The van der Waals surface area contributed by atoms with Gasteiger partial charge in [0, 0.05) is 18.5 Å². The summed E-state index contributed by atoms with van der Waals surface area (Å²) in [4.78, 5) is 29.7. The highest BCUT2D eigenvalue weighted by Crippen LogP contribution is 2.28. The summed E-state index contributed by atoms with van der Waals surface area (Å²) in [5, 5.41) is 29.5. The van der Waals surface area contributed by atoms with Gasteiger partial charge in [-0.1, -0.05) is 24.3 Å². The number of allylic oxidation sites excluding steroid dienone is 2. The van der Waals surface area contributed by atoms with Crippen LogP contribution in [0, 0.1) is 0 Å². The maximum Gasteiger partial charge on any atom is 0.333 e. The maximum atomic E-state index is 13.0. The van der Waals surface area contributed by atoms with E-state index in [4.69, 9.17) is 9.47 Å². The molecular formula is C26H31N3O7. The van der Waals surface area contributed by atoms with E-state index in [1.165, 1.54) is 12.3 Å². The van der Waals surface area contributed by atoms with Crippen LogP contribution < -0.4 is 16.0 Å². The number of hydrogen-bond acceptors (Lipinski definition) is 8. The van der Waals surface area contributed by atoms with E-state index in [9.17, 15) is 24.9 Å². The molecule has 2 aromatic heterocycles. The second-order valence-electron chi connectivity index (χ2n) is 8.09. The van der Waals surface area contributed by atoms with Crippen LogP contribution in [0.3, 0.4) is 0 Å². The first-order valence-corrected chi connectivity index (χ1v) is 11.5. The second kappa shape index (κ2) is 12.4. The number of aliphatic hydroxyl groups excluding tert-OH is 3. The number of aromatic nitrogens is 3. The number of aliphatic hydroxyl groups is 3. The second-order valence-corrected chi connectivity index (χ2v) is 8.09. The molecule has 0 bridgehead atoms. The molecule has 1 fully saturated rings. The minimum atomic E-state index is -1.44. The fourth-order valence-electron chi connectivity index (χ4n) is 3.67. The van der Waals surface area contributed by atoms with Crippen LogP contribution in [0.2, 0.25) is 0 Å². The van der Waals surface area contributed by atoms with Crippen LogP contribution in [0.5, 0.6) is 5.75 Å². The van der Waals surface area contributed by atoms with Crippen molar-refractivity contribution in [2.24, 2.45) is 0 Å². The van der Waals surface area contributed by atoms with Gasteiger partial charge in [0.25, 0.3) is 5.56 Å². The molecule has 10 nitrogen and oxygen atoms in total. The van der Waals surface area contributed by atoms with Crippen molar-refractivity contribution in [2.75, 3.05) is 13.7 Å². The first-order chi connectivity index (χ1) is 17.3. The van der Waals surface area contributed by atoms with Crippen molar-refractivity contribution in [2.45, 2.75) is 44.9 Å². The van der Waals surface area contributed by atoms with Crippen molar-refractivity contribution in [1.82, 2.24) is 14.1 Å². The van der Waals surface area contributed by atoms with Crippen molar-refractivity contribution in [3.8, 4) is 16.9 Å². The molecule has 4 unspecified atom stereocenters. The fraction of sp³-hybridized carbons (Fsp3) is 0.346. The predicted octanol–water partition coefficient (Wildman–Crippen LogP) is 1.32. The molecule has 0 radical (unpaired) electrons. The molecule has 1 aliphatic rings. The van der Waals surface area contributed by atoms with Crippen LogP contribution >= 0.6 is 0 Å². The zero-order chi connectivity index (χ0) is 26.2. The molecule has 1 aromatic carbocycles. The van der Waals surface area contributed by atoms with Gasteiger partial charge in [-0.2, -0.15) is 0 Å². The van der Waals surface area contributed by atoms with E-state index in [0.29, 0.717) is 5.69 Å². The summed E-state index contributed by atoms with van der Waals surface area (Å²) in [5.41, 5.74) is 0.972. The molecule has 0 amide bonds. The predicted molar refractivity (Wildman–Crippen MR) is 134 cm³/mol. The third kappa shape index (κ3) is 5.97. The standard InChI is InChI=1S/C22H23N3O7.C4H8/c1-31-16-4-2-13(3-5-16)14-6-8-23-15(10-14)11-25-18(27)7-9-24(22(25)30)21-20(29)19(28)17(12-26)32-21;1-3-4-2/h2-10,17,19-21,26,28-29H,11-12H2,1H3;3-4H,1-2H3/b;4-3-. The summed E-state index contributed by atoms with van der Waals surface area (Å²) in [6.45, 7) is 3.38. The average molecular weight is 498 g/mol. The summed E-state index contributed by atoms with van der Waals surface area (Å²) >= 11 is 0. The molecule has 10 heteroatoms. The first-order valence-electron chi connectivity index (χ1n) is 11.5. The van der Waals surface area contributed by atoms with Crippen LogP contribution in [0.15, 0.2) is 76.6 Å². The van der Waals surface area contributed by atoms with Gasteiger partial charge < -0.3 is 24.8 Å². The van der Waals surface area contributed by atoms with E-state index in [1.807, 2.05) is 56.3 Å². The van der Waals surface area contributed by atoms with E-state index in [-0.39, 0.29) is 6.54 Å². The third-order valence-electron chi connectivity index (χ3n) is 5.78. The molecule has 0 spiro atoms. The number of ether oxygens (including phenoxy) is 2. The van der Waals surface area contributed by atoms with Gasteiger partial charge in [0.1, 0.15) is 24.1 Å². The Morgan fingerprint density at radius 1 is 1.03 bits per heavy atom. The Balaban J connectivity index is 0.000000840. The summed E-state index contributed by atoms with van der Waals surface area (Å²) in [7, 11) is 1.59. The Labute approximate surface area is 208 Å². The van der Waals surface area contributed by atoms with Crippen LogP contribution in [0.25, 0.3) is 11.1 Å². The van der Waals surface area contributed by atoms with Crippen LogP contribution in [-0.2, 0) is 11.3 Å². The minimum absolute atomic E-state index is 0.0999. The van der Waals surface area contributed by atoms with E-state index >= 15 is 0 Å². The number of rotatable bonds is 6. The third-order valence-corrected chi connectivity index (χ3v) is 5.78. The molecular weight excluding hydrogens is 466 g/mol. The van der Waals surface area contributed by atoms with Gasteiger partial charge in [0.2, 0.25) is 0 Å². The lowest BCUT2D eigenvalue weighted by atomic mass is 10.1. The van der Waals surface area contributed by atoms with Gasteiger partial charge in [-0.25, -0.2) is 4.79 Å². The Hall–Kier alpha value is -3.57. The molecule has 1 saturated heterocycles. The Kier molecular flexibility index (Phi) is 9.31. The molecule has 3 N–H and O–H groups in total. The molecule has 1 aliphatic heterocycles. The van der Waals surface area contributed by atoms with Crippen LogP contribution in [-0.4, -0.2) is 61.5 Å². The van der Waals surface area contributed by atoms with Crippen molar-refractivity contribution >= 4 is 0 Å². The lowest BCUT2D eigenvalue weighted by molar-refractivity contribution is -0.0555. The molecule has 4 atom stereocenters. The van der Waals surface area contributed by atoms with E-state index < -0.39 is 42.4 Å². The van der Waals surface area contributed by atoms with Crippen LogP contribution in [0.4, 0.5) is 0 Å². The SMILES string of the molecule is C/C=C\C.COc1ccc(-c2ccnc(Cn3c(=O)ccn(C4OC(CO)C(O)C4O)c3=O)c2)cc1. The number of pyridine rings is 1. The largest absolute Gasteiger partial charge is 0.497 e. The molecule has 0 aliphatic carbocycles. The van der Waals surface area contributed by atoms with E-state index in [0.717, 1.165) is 26.0 Å². The van der Waals surface area contributed by atoms with E-state index in [1.54, 1.807) is 19.4 Å². The Morgan fingerprint density at radius 2 is 1.72 bits per heavy atom. The van der Waals surface area contributed by atoms with Crippen molar-refractivity contribution in [1.29, 1.82) is 0 Å². The van der Waals surface area contributed by atoms with Gasteiger partial charge in [-0.3, -0.25) is 18.9 Å². The van der Waals surface area contributed by atoms with Gasteiger partial charge >= 0.3 is 5.69 Å². The molecule has 4 rings (SSSR count). The van der Waals surface area contributed by atoms with Gasteiger partial charge in [0.15, 0.2) is 6.23 Å². The van der Waals surface area contributed by atoms with Crippen molar-refractivity contribution in [3.05, 3.63) is 93.5 Å². The van der Waals surface area contributed by atoms with Gasteiger partial charge in [-0.05, 0) is 49.2 Å². The van der Waals surface area contributed by atoms with Crippen molar-refractivity contribution < 1.29 is 24.8 Å². The molecule has 192 valence electrons. The van der Waals surface area contributed by atoms with Crippen LogP contribution in [0.1, 0.15) is 25.8 Å². The normalized spacial score (nSPS) is 21.3. The lowest BCUT2D eigenvalue weighted by Crippen LogP contribution is -2.43. The molecule has 36 heavy (non-hydrogen) atoms. The minimum Gasteiger partial charge on any atom is -0.497 e. The summed E-state index contributed by atoms with van der Waals surface area (Å²) in [6, 6.07) is 12.2. The Morgan fingerprint density at radius 3 is 2.31 bits per heavy atom. The smallest absolute Gasteiger partial charge is 0.333 e. The maximum absolute atomic E-state index is 13.0. The van der Waals surface area contributed by atoms with E-state index in [2.05, 4.69) is 4.98 Å². The van der Waals surface area contributed by atoms with Gasteiger partial charge in [-0.15, -0.1) is 0 Å². The topological polar surface area (TPSA) is 136 Å². The molecule has 3 aromatic rings. The zero-order valence-electron chi connectivity index (χ0n) is 20.4. The quantitative estimate of drug-likeness (QED) is 0.434. The Bertz CT molecular complexity index is 1280. The fourth-order valence-corrected chi connectivity index (χ4v) is 3.67. The molecule has 0 saturated carbocycles. The molecule has 3 heterocycles. The highest BCUT2D eigenvalue weighted by molar-refractivity contribution is 5.64. The number of benzene rings is 1.